The number of carbonyl (C=O) groups is 2. The minimum absolute atomic E-state index is 0.0640. The van der Waals surface area contributed by atoms with E-state index in [0.717, 1.165) is 0 Å². The van der Waals surface area contributed by atoms with E-state index in [0.29, 0.717) is 6.42 Å². The Morgan fingerprint density at radius 3 is 2.59 bits per heavy atom. The van der Waals surface area contributed by atoms with Gasteiger partial charge in [0, 0.05) is 0 Å². The summed E-state index contributed by atoms with van der Waals surface area (Å²) < 4.78 is 0. The van der Waals surface area contributed by atoms with Crippen molar-refractivity contribution in [2.45, 2.75) is 26.3 Å². The van der Waals surface area contributed by atoms with Crippen LogP contribution in [0.25, 0.3) is 0 Å². The number of carboxylic acid groups (broad SMARTS) is 1. The van der Waals surface area contributed by atoms with E-state index in [1.54, 1.807) is 0 Å². The number of carbonyl (C=O) groups excluding carboxylic acids is 1. The van der Waals surface area contributed by atoms with Gasteiger partial charge in [0.2, 0.25) is 11.8 Å². The SMILES string of the molecule is CC(C)C[C@@H](NC(=O)c1nc(N)n[nH]1)C(=O)O. The van der Waals surface area contributed by atoms with Gasteiger partial charge in [-0.3, -0.25) is 9.89 Å². The van der Waals surface area contributed by atoms with Gasteiger partial charge in [-0.1, -0.05) is 13.8 Å². The zero-order valence-corrected chi connectivity index (χ0v) is 9.60. The minimum atomic E-state index is -1.08. The summed E-state index contributed by atoms with van der Waals surface area (Å²) in [4.78, 5) is 26.1. The molecule has 1 rings (SSSR count). The number of nitrogens with two attached hydrogens (primary N) is 1. The van der Waals surface area contributed by atoms with Gasteiger partial charge in [0.15, 0.2) is 0 Å². The summed E-state index contributed by atoms with van der Waals surface area (Å²) in [5.41, 5.74) is 5.24. The molecule has 8 nitrogen and oxygen atoms in total. The van der Waals surface area contributed by atoms with Crippen molar-refractivity contribution < 1.29 is 14.7 Å². The number of nitrogen functional groups attached to an aromatic ring is 1. The third-order valence-electron chi connectivity index (χ3n) is 2.03. The van der Waals surface area contributed by atoms with Crippen molar-refractivity contribution in [3.8, 4) is 0 Å². The fourth-order valence-corrected chi connectivity index (χ4v) is 1.30. The Morgan fingerprint density at radius 2 is 2.18 bits per heavy atom. The number of aliphatic carboxylic acids is 1. The van der Waals surface area contributed by atoms with E-state index < -0.39 is 17.9 Å². The van der Waals surface area contributed by atoms with E-state index >= 15 is 0 Å². The average Bonchev–Trinajstić information content (AvgIpc) is 2.63. The molecule has 1 amide bonds. The van der Waals surface area contributed by atoms with E-state index in [2.05, 4.69) is 20.5 Å². The van der Waals surface area contributed by atoms with Crippen LogP contribution in [-0.2, 0) is 4.79 Å². The number of anilines is 1. The number of nitrogens with zero attached hydrogens (tertiary/aromatic N) is 2. The molecule has 0 spiro atoms. The van der Waals surface area contributed by atoms with Gasteiger partial charge in [-0.05, 0) is 12.3 Å². The van der Waals surface area contributed by atoms with Crippen LogP contribution >= 0.6 is 0 Å². The Labute approximate surface area is 97.6 Å². The van der Waals surface area contributed by atoms with Crippen molar-refractivity contribution in [3.63, 3.8) is 0 Å². The van der Waals surface area contributed by atoms with Crippen molar-refractivity contribution in [2.24, 2.45) is 5.92 Å². The van der Waals surface area contributed by atoms with Crippen molar-refractivity contribution >= 4 is 17.8 Å². The second kappa shape index (κ2) is 5.28. The molecule has 5 N–H and O–H groups in total. The molecule has 8 heteroatoms. The largest absolute Gasteiger partial charge is 0.480 e. The second-order valence-electron chi connectivity index (χ2n) is 4.04. The molecule has 0 aromatic carbocycles. The first-order chi connectivity index (χ1) is 7.90. The summed E-state index contributed by atoms with van der Waals surface area (Å²) >= 11 is 0. The molecule has 0 bridgehead atoms. The lowest BCUT2D eigenvalue weighted by Gasteiger charge is -2.15. The normalized spacial score (nSPS) is 12.4. The van der Waals surface area contributed by atoms with Crippen molar-refractivity contribution in [1.82, 2.24) is 20.5 Å². The fourth-order valence-electron chi connectivity index (χ4n) is 1.30. The summed E-state index contributed by atoms with van der Waals surface area (Å²) in [5.74, 6) is -1.73. The van der Waals surface area contributed by atoms with Crippen LogP contribution in [0.5, 0.6) is 0 Å². The molecule has 94 valence electrons. The highest BCUT2D eigenvalue weighted by Crippen LogP contribution is 2.05. The quantitative estimate of drug-likeness (QED) is 0.555. The number of aromatic nitrogens is 3. The van der Waals surface area contributed by atoms with Crippen LogP contribution in [0.3, 0.4) is 0 Å². The zero-order valence-electron chi connectivity index (χ0n) is 9.60. The van der Waals surface area contributed by atoms with E-state index in [4.69, 9.17) is 10.8 Å². The molecule has 1 aromatic heterocycles. The Bertz CT molecular complexity index is 415. The first kappa shape index (κ1) is 12.9. The van der Waals surface area contributed by atoms with E-state index in [1.807, 2.05) is 13.8 Å². The number of nitrogens with one attached hydrogen (secondary N) is 2. The summed E-state index contributed by atoms with van der Waals surface area (Å²) in [6.07, 6.45) is 0.338. The van der Waals surface area contributed by atoms with Gasteiger partial charge in [-0.2, -0.15) is 4.98 Å². The van der Waals surface area contributed by atoms with Crippen molar-refractivity contribution in [2.75, 3.05) is 5.73 Å². The molecular formula is C9H15N5O3. The van der Waals surface area contributed by atoms with Crippen LogP contribution in [0.2, 0.25) is 0 Å². The third-order valence-corrected chi connectivity index (χ3v) is 2.03. The lowest BCUT2D eigenvalue weighted by atomic mass is 10.0. The maximum atomic E-state index is 11.6. The molecule has 0 saturated carbocycles. The first-order valence-corrected chi connectivity index (χ1v) is 5.11. The van der Waals surface area contributed by atoms with Crippen LogP contribution in [-0.4, -0.2) is 38.2 Å². The first-order valence-electron chi connectivity index (χ1n) is 5.11. The van der Waals surface area contributed by atoms with Gasteiger partial charge in [0.25, 0.3) is 5.91 Å². The monoisotopic (exact) mass is 241 g/mol. The highest BCUT2D eigenvalue weighted by Gasteiger charge is 2.23. The lowest BCUT2D eigenvalue weighted by Crippen LogP contribution is -2.42. The topological polar surface area (TPSA) is 134 Å². The molecule has 0 radical (unpaired) electrons. The molecule has 0 fully saturated rings. The van der Waals surface area contributed by atoms with Crippen molar-refractivity contribution in [3.05, 3.63) is 5.82 Å². The van der Waals surface area contributed by atoms with Gasteiger partial charge in [0.1, 0.15) is 6.04 Å². The molecule has 0 unspecified atom stereocenters. The third kappa shape index (κ3) is 3.74. The molecule has 0 aliphatic rings. The molecule has 1 atom stereocenters. The number of aromatic amines is 1. The number of carboxylic acids is 1. The second-order valence-corrected chi connectivity index (χ2v) is 4.04. The van der Waals surface area contributed by atoms with Gasteiger partial charge in [-0.25, -0.2) is 4.79 Å². The smallest absolute Gasteiger partial charge is 0.326 e. The van der Waals surface area contributed by atoms with Crippen LogP contribution in [0, 0.1) is 5.92 Å². The van der Waals surface area contributed by atoms with Gasteiger partial charge < -0.3 is 16.2 Å². The molecule has 17 heavy (non-hydrogen) atoms. The standard InChI is InChI=1S/C9H15N5O3/c1-4(2)3-5(8(16)17)11-7(15)6-12-9(10)14-13-6/h4-5H,3H2,1-2H3,(H,11,15)(H,16,17)(H3,10,12,13,14)/t5-/m1/s1. The number of rotatable bonds is 5. The number of hydrogen-bond donors (Lipinski definition) is 4. The van der Waals surface area contributed by atoms with Crippen LogP contribution in [0.1, 0.15) is 30.9 Å². The van der Waals surface area contributed by atoms with Crippen molar-refractivity contribution in [1.29, 1.82) is 0 Å². The van der Waals surface area contributed by atoms with Crippen LogP contribution < -0.4 is 11.1 Å². The molecule has 1 aromatic rings. The maximum Gasteiger partial charge on any atom is 0.326 e. The van der Waals surface area contributed by atoms with E-state index in [9.17, 15) is 9.59 Å². The molecule has 0 aliphatic carbocycles. The number of H-pyrrole nitrogens is 1. The molecule has 1 heterocycles. The molecule has 0 aliphatic heterocycles. The highest BCUT2D eigenvalue weighted by atomic mass is 16.4. The molecular weight excluding hydrogens is 226 g/mol. The van der Waals surface area contributed by atoms with Crippen LogP contribution in [0.4, 0.5) is 5.95 Å². The van der Waals surface area contributed by atoms with E-state index in [-0.39, 0.29) is 17.7 Å². The Hall–Kier alpha value is -2.12. The summed E-state index contributed by atoms with van der Waals surface area (Å²) in [7, 11) is 0. The minimum Gasteiger partial charge on any atom is -0.480 e. The maximum absolute atomic E-state index is 11.6. The van der Waals surface area contributed by atoms with Gasteiger partial charge in [0.05, 0.1) is 0 Å². The summed E-state index contributed by atoms with van der Waals surface area (Å²) in [5, 5.41) is 17.1. The molecule has 0 saturated heterocycles. The van der Waals surface area contributed by atoms with Gasteiger partial charge in [-0.15, -0.1) is 5.10 Å². The lowest BCUT2D eigenvalue weighted by molar-refractivity contribution is -0.139. The Balaban J connectivity index is 2.67. The highest BCUT2D eigenvalue weighted by molar-refractivity contribution is 5.93. The Morgan fingerprint density at radius 1 is 1.53 bits per heavy atom. The van der Waals surface area contributed by atoms with Gasteiger partial charge >= 0.3 is 5.97 Å². The number of amides is 1. The average molecular weight is 241 g/mol. The Kier molecular flexibility index (Phi) is 4.02. The predicted octanol–water partition coefficient (Wildman–Crippen LogP) is -0.384. The summed E-state index contributed by atoms with van der Waals surface area (Å²) in [6.45, 7) is 3.74. The van der Waals surface area contributed by atoms with Crippen LogP contribution in [0.15, 0.2) is 0 Å². The predicted molar refractivity (Wildman–Crippen MR) is 59.1 cm³/mol. The number of hydrogen-bond acceptors (Lipinski definition) is 5. The fraction of sp³-hybridized carbons (Fsp3) is 0.556. The van der Waals surface area contributed by atoms with E-state index in [1.165, 1.54) is 0 Å². The zero-order chi connectivity index (χ0) is 13.0. The summed E-state index contributed by atoms with van der Waals surface area (Å²) in [6, 6.07) is -0.950.